The third-order valence-corrected chi connectivity index (χ3v) is 14.2. The predicted molar refractivity (Wildman–Crippen MR) is 166 cm³/mol. The van der Waals surface area contributed by atoms with Crippen LogP contribution in [0.25, 0.3) is 0 Å². The van der Waals surface area contributed by atoms with Crippen LogP contribution >= 0.6 is 0 Å². The first-order valence-electron chi connectivity index (χ1n) is 17.9. The first-order chi connectivity index (χ1) is 22.7. The number of hydrogen-bond acceptors (Lipinski definition) is 13. The lowest BCUT2D eigenvalue weighted by atomic mass is 9.43. The minimum absolute atomic E-state index is 0.0345. The van der Waals surface area contributed by atoms with E-state index >= 15 is 0 Å². The number of fused-ring (bicyclic) bond motifs is 5. The van der Waals surface area contributed by atoms with Crippen LogP contribution < -0.4 is 0 Å². The zero-order chi connectivity index (χ0) is 34.3. The lowest BCUT2D eigenvalue weighted by Gasteiger charge is -2.64. The summed E-state index contributed by atoms with van der Waals surface area (Å²) >= 11 is 0. The van der Waals surface area contributed by atoms with Gasteiger partial charge < -0.3 is 59.4 Å². The molecular weight excluding hydrogens is 628 g/mol. The Balaban J connectivity index is 0.977. The van der Waals surface area contributed by atoms with Crippen molar-refractivity contribution in [2.45, 2.75) is 152 Å². The number of aliphatic hydroxyl groups excluding tert-OH is 6. The molecule has 272 valence electrons. The van der Waals surface area contributed by atoms with Crippen LogP contribution in [-0.2, 0) is 28.5 Å². The molecule has 18 atom stereocenters. The summed E-state index contributed by atoms with van der Waals surface area (Å²) in [7, 11) is 0. The summed E-state index contributed by atoms with van der Waals surface area (Å²) < 4.78 is 28.8. The number of aliphatic hydroxyl groups is 7. The van der Waals surface area contributed by atoms with Crippen LogP contribution in [0.15, 0.2) is 11.6 Å². The fraction of sp³-hybridized carbons (Fsp3) is 0.914. The molecule has 0 amide bonds. The smallest absolute Gasteiger partial charge is 0.331 e. The summed E-state index contributed by atoms with van der Waals surface area (Å²) in [5.74, 6) is 0.825. The van der Waals surface area contributed by atoms with E-state index in [0.717, 1.165) is 63.4 Å². The van der Waals surface area contributed by atoms with E-state index in [-0.39, 0.29) is 34.7 Å². The number of cyclic esters (lactones) is 1. The van der Waals surface area contributed by atoms with Gasteiger partial charge in [-0.25, -0.2) is 4.79 Å². The molecule has 2 saturated heterocycles. The molecule has 3 aliphatic heterocycles. The summed E-state index contributed by atoms with van der Waals surface area (Å²) in [6, 6.07) is 0. The molecule has 7 N–H and O–H groups in total. The second-order valence-corrected chi connectivity index (χ2v) is 16.3. The van der Waals surface area contributed by atoms with Crippen molar-refractivity contribution >= 4 is 5.97 Å². The molecule has 0 radical (unpaired) electrons. The van der Waals surface area contributed by atoms with Crippen LogP contribution in [0, 0.1) is 34.5 Å². The van der Waals surface area contributed by atoms with Crippen molar-refractivity contribution in [2.24, 2.45) is 34.5 Å². The fourth-order valence-electron chi connectivity index (χ4n) is 11.3. The van der Waals surface area contributed by atoms with Crippen LogP contribution in [-0.4, -0.2) is 128 Å². The molecule has 3 heterocycles. The monoisotopic (exact) mass is 682 g/mol. The Morgan fingerprint density at radius 1 is 0.833 bits per heavy atom. The molecule has 0 aromatic carbocycles. The normalized spacial score (nSPS) is 55.3. The van der Waals surface area contributed by atoms with E-state index in [9.17, 15) is 40.5 Å². The summed E-state index contributed by atoms with van der Waals surface area (Å²) in [4.78, 5) is 11.9. The molecule has 0 aromatic heterocycles. The van der Waals surface area contributed by atoms with Gasteiger partial charge >= 0.3 is 5.97 Å². The maximum atomic E-state index is 12.5. The Morgan fingerprint density at radius 2 is 1.56 bits per heavy atom. The van der Waals surface area contributed by atoms with Gasteiger partial charge in [0.2, 0.25) is 0 Å². The van der Waals surface area contributed by atoms with Gasteiger partial charge in [-0.3, -0.25) is 0 Å². The average molecular weight is 683 g/mol. The van der Waals surface area contributed by atoms with Gasteiger partial charge in [-0.2, -0.15) is 0 Å². The lowest BCUT2D eigenvalue weighted by Crippen LogP contribution is -2.64. The number of ether oxygens (including phenoxy) is 5. The Kier molecular flexibility index (Phi) is 9.36. The molecule has 13 heteroatoms. The van der Waals surface area contributed by atoms with Crippen LogP contribution in [0.3, 0.4) is 0 Å². The van der Waals surface area contributed by atoms with Crippen molar-refractivity contribution in [1.29, 1.82) is 0 Å². The molecule has 7 aliphatic rings. The molecule has 0 spiro atoms. The van der Waals surface area contributed by atoms with E-state index in [1.165, 1.54) is 0 Å². The SMILES string of the molecule is C[C@@H]1O[C@@H](O[C@H]2CC[C@@]3(C)[C@H](CC[C@@H]4[C@@H]3CC[C@]3(C)[C@@H](C5=CC(=O)OC5)CC[C@]43O)C2)[C@H](O)[C@H](O)[C@H]1O[C@@H]1O[C@H](CO)[C@@H](O)[C@H](O)[C@H]1O. The van der Waals surface area contributed by atoms with E-state index in [0.29, 0.717) is 18.4 Å². The quantitative estimate of drug-likeness (QED) is 0.149. The standard InChI is InChI=1S/C35H54O13/c1-16-30(48-32-28(41)26(39)25(38)23(14-36)47-32)27(40)29(42)31(45-16)46-19-6-9-33(2)18(13-19)4-5-22-21(33)7-10-34(3)20(8-11-35(22,34)43)17-12-24(37)44-15-17/h12,16,18-23,25-32,36,38-43H,4-11,13-15H2,1-3H3/t16-,18+,19-,20+,21-,22+,23+,25+,26-,27-,28+,29+,30-,31-,32-,33-,34+,35-/m0/s1. The minimum atomic E-state index is -1.65. The maximum absolute atomic E-state index is 12.5. The molecule has 4 aliphatic carbocycles. The average Bonchev–Trinajstić information content (AvgIpc) is 3.61. The van der Waals surface area contributed by atoms with Crippen LogP contribution in [0.5, 0.6) is 0 Å². The third-order valence-electron chi connectivity index (χ3n) is 14.2. The number of hydrogen-bond donors (Lipinski definition) is 7. The Hall–Kier alpha value is -1.23. The van der Waals surface area contributed by atoms with E-state index in [4.69, 9.17) is 23.7 Å². The van der Waals surface area contributed by atoms with E-state index in [1.807, 2.05) is 0 Å². The van der Waals surface area contributed by atoms with Gasteiger partial charge in [-0.1, -0.05) is 13.8 Å². The van der Waals surface area contributed by atoms with Crippen molar-refractivity contribution in [3.8, 4) is 0 Å². The Labute approximate surface area is 281 Å². The van der Waals surface area contributed by atoms with Gasteiger partial charge in [0, 0.05) is 11.5 Å². The molecule has 6 fully saturated rings. The number of esters is 1. The zero-order valence-corrected chi connectivity index (χ0v) is 28.1. The second-order valence-electron chi connectivity index (χ2n) is 16.3. The van der Waals surface area contributed by atoms with Crippen LogP contribution in [0.2, 0.25) is 0 Å². The predicted octanol–water partition coefficient (Wildman–Crippen LogP) is 0.280. The highest BCUT2D eigenvalue weighted by atomic mass is 16.7. The Morgan fingerprint density at radius 3 is 2.27 bits per heavy atom. The molecule has 0 unspecified atom stereocenters. The largest absolute Gasteiger partial charge is 0.458 e. The summed E-state index contributed by atoms with van der Waals surface area (Å²) in [6.45, 7) is 5.97. The maximum Gasteiger partial charge on any atom is 0.331 e. The van der Waals surface area contributed by atoms with Gasteiger partial charge in [-0.15, -0.1) is 0 Å². The van der Waals surface area contributed by atoms with Gasteiger partial charge in [0.05, 0.1) is 24.4 Å². The van der Waals surface area contributed by atoms with E-state index in [2.05, 4.69) is 13.8 Å². The topological polar surface area (TPSA) is 205 Å². The summed E-state index contributed by atoms with van der Waals surface area (Å²) in [5.41, 5.74) is 0.00280. The van der Waals surface area contributed by atoms with Crippen molar-refractivity contribution in [3.63, 3.8) is 0 Å². The summed E-state index contributed by atoms with van der Waals surface area (Å²) in [6.07, 6.45) is -4.12. The van der Waals surface area contributed by atoms with E-state index < -0.39 is 73.6 Å². The fourth-order valence-corrected chi connectivity index (χ4v) is 11.3. The third kappa shape index (κ3) is 5.42. The van der Waals surface area contributed by atoms with Gasteiger partial charge in [-0.05, 0) is 99.4 Å². The highest BCUT2D eigenvalue weighted by Crippen LogP contribution is 2.70. The summed E-state index contributed by atoms with van der Waals surface area (Å²) in [5, 5.41) is 74.7. The molecule has 7 rings (SSSR count). The van der Waals surface area contributed by atoms with E-state index in [1.54, 1.807) is 13.0 Å². The molecular formula is C35H54O13. The van der Waals surface area contributed by atoms with Crippen molar-refractivity contribution < 1.29 is 64.2 Å². The molecule has 48 heavy (non-hydrogen) atoms. The van der Waals surface area contributed by atoms with Crippen molar-refractivity contribution in [3.05, 3.63) is 11.6 Å². The molecule has 4 saturated carbocycles. The second kappa shape index (κ2) is 12.8. The van der Waals surface area contributed by atoms with Crippen molar-refractivity contribution in [1.82, 2.24) is 0 Å². The van der Waals surface area contributed by atoms with Gasteiger partial charge in [0.25, 0.3) is 0 Å². The number of rotatable bonds is 6. The van der Waals surface area contributed by atoms with Gasteiger partial charge in [0.15, 0.2) is 12.6 Å². The first-order valence-corrected chi connectivity index (χ1v) is 17.9. The van der Waals surface area contributed by atoms with Crippen LogP contribution in [0.4, 0.5) is 0 Å². The van der Waals surface area contributed by atoms with Crippen LogP contribution in [0.1, 0.15) is 78.6 Å². The minimum Gasteiger partial charge on any atom is -0.458 e. The highest BCUT2D eigenvalue weighted by Gasteiger charge is 2.68. The molecule has 13 nitrogen and oxygen atoms in total. The molecule has 0 aromatic rings. The van der Waals surface area contributed by atoms with Crippen molar-refractivity contribution in [2.75, 3.05) is 13.2 Å². The molecule has 0 bridgehead atoms. The number of carbonyl (C=O) groups excluding carboxylic acids is 1. The number of carbonyl (C=O) groups is 1. The van der Waals surface area contributed by atoms with Gasteiger partial charge in [0.1, 0.15) is 49.3 Å². The highest BCUT2D eigenvalue weighted by molar-refractivity contribution is 5.85. The first kappa shape index (κ1) is 35.2. The Bertz CT molecular complexity index is 1240. The zero-order valence-electron chi connectivity index (χ0n) is 28.1. The lowest BCUT2D eigenvalue weighted by molar-refractivity contribution is -0.360.